The van der Waals surface area contributed by atoms with Gasteiger partial charge in [-0.15, -0.1) is 0 Å². The summed E-state index contributed by atoms with van der Waals surface area (Å²) in [7, 11) is 3.51. The molecule has 19 heavy (non-hydrogen) atoms. The van der Waals surface area contributed by atoms with Crippen molar-refractivity contribution >= 4 is 33.0 Å². The standard InChI is InChI=1S/C14H19O3P.Li/c1-16-11-8-5-9-12(17-2)13(11)14(15)18-10-6-3-4-7-10;/h5,8-10,18H,3-4,6-7H2,1-2H3;. The first-order valence-corrected chi connectivity index (χ1v) is 7.36. The first-order chi connectivity index (χ1) is 8.76. The molecule has 0 bridgehead atoms. The normalized spacial score (nSPS) is 15.5. The third-order valence-corrected chi connectivity index (χ3v) is 4.84. The second kappa shape index (κ2) is 7.95. The predicted molar refractivity (Wildman–Crippen MR) is 80.2 cm³/mol. The summed E-state index contributed by atoms with van der Waals surface area (Å²) in [6.45, 7) is 0. The Balaban J connectivity index is 0.00000180. The molecule has 5 heteroatoms. The molecule has 1 radical (unpaired) electrons. The fourth-order valence-electron chi connectivity index (χ4n) is 2.40. The summed E-state index contributed by atoms with van der Waals surface area (Å²) >= 11 is 0. The molecule has 1 unspecified atom stereocenters. The first kappa shape index (κ1) is 16.6. The van der Waals surface area contributed by atoms with Crippen LogP contribution < -0.4 is 9.47 Å². The summed E-state index contributed by atoms with van der Waals surface area (Å²) in [5.74, 6) is 1.23. The van der Waals surface area contributed by atoms with Crippen molar-refractivity contribution < 1.29 is 14.3 Å². The van der Waals surface area contributed by atoms with Gasteiger partial charge in [0.2, 0.25) is 0 Å². The quantitative estimate of drug-likeness (QED) is 0.611. The van der Waals surface area contributed by atoms with Gasteiger partial charge in [0.25, 0.3) is 0 Å². The summed E-state index contributed by atoms with van der Waals surface area (Å²) in [4.78, 5) is 12.4. The van der Waals surface area contributed by atoms with Gasteiger partial charge in [0, 0.05) is 18.9 Å². The average molecular weight is 273 g/mol. The van der Waals surface area contributed by atoms with Gasteiger partial charge in [-0.2, -0.15) is 0 Å². The largest absolute Gasteiger partial charge is 0.496 e. The zero-order valence-corrected chi connectivity index (χ0v) is 12.9. The Kier molecular flexibility index (Phi) is 6.93. The van der Waals surface area contributed by atoms with E-state index in [9.17, 15) is 4.79 Å². The molecule has 0 aromatic heterocycles. The SMILES string of the molecule is COc1cccc(OC)c1C(=O)PC1CCCC1.[Li]. The van der Waals surface area contributed by atoms with Crippen molar-refractivity contribution in [1.29, 1.82) is 0 Å². The van der Waals surface area contributed by atoms with Crippen LogP contribution in [0.4, 0.5) is 0 Å². The smallest absolute Gasteiger partial charge is 0.188 e. The molecule has 3 nitrogen and oxygen atoms in total. The number of ether oxygens (including phenoxy) is 2. The van der Waals surface area contributed by atoms with Crippen molar-refractivity contribution in [2.45, 2.75) is 31.3 Å². The number of carbonyl (C=O) groups is 1. The minimum absolute atomic E-state index is 0. The topological polar surface area (TPSA) is 35.5 Å². The Hall–Kier alpha value is -0.483. The summed E-state index contributed by atoms with van der Waals surface area (Å²) in [6, 6.07) is 5.47. The van der Waals surface area contributed by atoms with Gasteiger partial charge in [-0.05, 0) is 39.2 Å². The number of benzene rings is 1. The van der Waals surface area contributed by atoms with Crippen LogP contribution in [0.2, 0.25) is 0 Å². The average Bonchev–Trinajstić information content (AvgIpc) is 2.90. The Morgan fingerprint density at radius 3 is 2.16 bits per heavy atom. The molecular weight excluding hydrogens is 254 g/mol. The molecule has 2 rings (SSSR count). The van der Waals surface area contributed by atoms with Crippen LogP contribution in [-0.2, 0) is 0 Å². The number of methoxy groups -OCH3 is 2. The van der Waals surface area contributed by atoms with Crippen molar-refractivity contribution in [2.24, 2.45) is 0 Å². The Bertz CT molecular complexity index is 408. The van der Waals surface area contributed by atoms with E-state index in [2.05, 4.69) is 0 Å². The van der Waals surface area contributed by atoms with E-state index in [1.54, 1.807) is 14.2 Å². The van der Waals surface area contributed by atoms with Crippen molar-refractivity contribution in [3.8, 4) is 11.5 Å². The summed E-state index contributed by atoms with van der Waals surface area (Å²) in [5, 5.41) is 0. The van der Waals surface area contributed by atoms with Crippen molar-refractivity contribution in [3.63, 3.8) is 0 Å². The molecule has 0 saturated heterocycles. The van der Waals surface area contributed by atoms with E-state index in [1.807, 2.05) is 18.2 Å². The summed E-state index contributed by atoms with van der Waals surface area (Å²) < 4.78 is 10.6. The monoisotopic (exact) mass is 273 g/mol. The molecule has 1 aromatic rings. The van der Waals surface area contributed by atoms with Gasteiger partial charge in [-0.3, -0.25) is 4.79 Å². The molecule has 1 aliphatic carbocycles. The van der Waals surface area contributed by atoms with E-state index in [4.69, 9.17) is 9.47 Å². The molecule has 1 aromatic carbocycles. The van der Waals surface area contributed by atoms with Gasteiger partial charge in [0.05, 0.1) is 14.2 Å². The molecule has 1 saturated carbocycles. The Labute approximate surface area is 128 Å². The van der Waals surface area contributed by atoms with Gasteiger partial charge in [-0.25, -0.2) is 0 Å². The molecule has 0 amide bonds. The molecular formula is C14H19LiO3P. The first-order valence-electron chi connectivity index (χ1n) is 6.28. The van der Waals surface area contributed by atoms with Gasteiger partial charge in [0.1, 0.15) is 17.1 Å². The number of hydrogen-bond acceptors (Lipinski definition) is 3. The minimum Gasteiger partial charge on any atom is -0.496 e. The maximum Gasteiger partial charge on any atom is 0.188 e. The van der Waals surface area contributed by atoms with Gasteiger partial charge in [-0.1, -0.05) is 18.9 Å². The predicted octanol–water partition coefficient (Wildman–Crippen LogP) is 3.08. The van der Waals surface area contributed by atoms with Gasteiger partial charge in [0.15, 0.2) is 5.52 Å². The third-order valence-electron chi connectivity index (χ3n) is 3.35. The van der Waals surface area contributed by atoms with Crippen LogP contribution in [0.3, 0.4) is 0 Å². The summed E-state index contributed by atoms with van der Waals surface area (Å²) in [6.07, 6.45) is 4.88. The summed E-state index contributed by atoms with van der Waals surface area (Å²) in [5.41, 5.74) is 1.33. The maximum atomic E-state index is 12.4. The van der Waals surface area contributed by atoms with Crippen LogP contribution in [0, 0.1) is 0 Å². The van der Waals surface area contributed by atoms with E-state index in [1.165, 1.54) is 25.7 Å². The Morgan fingerprint density at radius 2 is 1.68 bits per heavy atom. The fraction of sp³-hybridized carbons (Fsp3) is 0.500. The van der Waals surface area contributed by atoms with Gasteiger partial charge < -0.3 is 9.47 Å². The molecule has 1 aliphatic rings. The van der Waals surface area contributed by atoms with E-state index < -0.39 is 0 Å². The van der Waals surface area contributed by atoms with Crippen LogP contribution >= 0.6 is 8.58 Å². The molecule has 0 aliphatic heterocycles. The Morgan fingerprint density at radius 1 is 1.16 bits per heavy atom. The van der Waals surface area contributed by atoms with Crippen LogP contribution in [0.1, 0.15) is 36.0 Å². The third kappa shape index (κ3) is 3.99. The molecule has 0 N–H and O–H groups in total. The minimum atomic E-state index is 0. The molecule has 1 atom stereocenters. The van der Waals surface area contributed by atoms with Crippen molar-refractivity contribution in [3.05, 3.63) is 23.8 Å². The fourth-order valence-corrected chi connectivity index (χ4v) is 3.86. The van der Waals surface area contributed by atoms with Crippen molar-refractivity contribution in [2.75, 3.05) is 14.2 Å². The number of rotatable bonds is 5. The maximum absolute atomic E-state index is 12.4. The zero-order chi connectivity index (χ0) is 13.0. The molecule has 0 heterocycles. The second-order valence-corrected chi connectivity index (χ2v) is 6.05. The number of carbonyl (C=O) groups excluding carboxylic acids is 1. The van der Waals surface area contributed by atoms with Crippen LogP contribution in [0.25, 0.3) is 0 Å². The van der Waals surface area contributed by atoms with Gasteiger partial charge >= 0.3 is 0 Å². The van der Waals surface area contributed by atoms with E-state index in [-0.39, 0.29) is 24.4 Å². The van der Waals surface area contributed by atoms with E-state index in [0.29, 0.717) is 31.3 Å². The van der Waals surface area contributed by atoms with Crippen LogP contribution in [0.15, 0.2) is 18.2 Å². The van der Waals surface area contributed by atoms with Crippen molar-refractivity contribution in [1.82, 2.24) is 0 Å². The molecule has 99 valence electrons. The van der Waals surface area contributed by atoms with E-state index in [0.717, 1.165) is 0 Å². The van der Waals surface area contributed by atoms with Crippen LogP contribution in [0.5, 0.6) is 11.5 Å². The number of hydrogen-bond donors (Lipinski definition) is 0. The second-order valence-electron chi connectivity index (χ2n) is 4.49. The van der Waals surface area contributed by atoms with E-state index >= 15 is 0 Å². The molecule has 1 fully saturated rings. The van der Waals surface area contributed by atoms with Crippen LogP contribution in [-0.4, -0.2) is 44.3 Å². The zero-order valence-electron chi connectivity index (χ0n) is 11.9. The molecule has 0 spiro atoms.